The van der Waals surface area contributed by atoms with E-state index in [1.165, 1.54) is 12.1 Å². The molecule has 0 aliphatic heterocycles. The molecule has 1 fully saturated rings. The lowest BCUT2D eigenvalue weighted by molar-refractivity contribution is -0.153. The summed E-state index contributed by atoms with van der Waals surface area (Å²) >= 11 is 6.36. The van der Waals surface area contributed by atoms with Gasteiger partial charge in [-0.2, -0.15) is 26.3 Å². The van der Waals surface area contributed by atoms with Gasteiger partial charge in [0.25, 0.3) is 0 Å². The minimum atomic E-state index is -4.66. The molecule has 1 aliphatic carbocycles. The summed E-state index contributed by atoms with van der Waals surface area (Å²) in [5, 5.41) is -0.189. The van der Waals surface area contributed by atoms with Crippen LogP contribution in [0.15, 0.2) is 36.4 Å². The predicted octanol–water partition coefficient (Wildman–Crippen LogP) is 7.98. The molecule has 0 N–H and O–H groups in total. The largest absolute Gasteiger partial charge is 0.482 e. The van der Waals surface area contributed by atoms with Crippen molar-refractivity contribution >= 4 is 17.6 Å². The molecule has 0 radical (unpaired) electrons. The number of halogens is 7. The fourth-order valence-corrected chi connectivity index (χ4v) is 4.42. The van der Waals surface area contributed by atoms with Gasteiger partial charge in [0.15, 0.2) is 6.61 Å². The van der Waals surface area contributed by atoms with Gasteiger partial charge in [0, 0.05) is 5.56 Å². The molecule has 1 atom stereocenters. The topological polar surface area (TPSA) is 35.5 Å². The number of carbonyl (C=O) groups excluding carboxylic acids is 1. The third-order valence-electron chi connectivity index (χ3n) is 6.23. The Kier molecular flexibility index (Phi) is 7.99. The summed E-state index contributed by atoms with van der Waals surface area (Å²) in [4.78, 5) is 13.0. The lowest BCUT2D eigenvalue weighted by Crippen LogP contribution is -2.38. The maximum Gasteiger partial charge on any atom is 0.422 e. The Hall–Kier alpha value is -2.42. The van der Waals surface area contributed by atoms with E-state index in [9.17, 15) is 31.1 Å². The Labute approximate surface area is 204 Å². The number of esters is 1. The zero-order chi connectivity index (χ0) is 26.0. The van der Waals surface area contributed by atoms with Gasteiger partial charge in [-0.05, 0) is 61.6 Å². The van der Waals surface area contributed by atoms with E-state index in [1.54, 1.807) is 13.8 Å². The molecule has 0 heterocycles. The van der Waals surface area contributed by atoms with Crippen LogP contribution in [0.1, 0.15) is 50.7 Å². The molecule has 2 aromatic carbocycles. The van der Waals surface area contributed by atoms with Crippen LogP contribution >= 0.6 is 11.6 Å². The lowest BCUT2D eigenvalue weighted by atomic mass is 9.69. The Morgan fingerprint density at radius 1 is 1.03 bits per heavy atom. The van der Waals surface area contributed by atoms with Crippen molar-refractivity contribution in [2.75, 3.05) is 13.2 Å². The highest BCUT2D eigenvalue weighted by molar-refractivity contribution is 6.32. The zero-order valence-corrected chi connectivity index (χ0v) is 19.9. The Morgan fingerprint density at radius 3 is 2.14 bits per heavy atom. The van der Waals surface area contributed by atoms with Crippen LogP contribution in [0.25, 0.3) is 11.1 Å². The van der Waals surface area contributed by atoms with Crippen LogP contribution < -0.4 is 4.74 Å². The number of benzene rings is 2. The van der Waals surface area contributed by atoms with Gasteiger partial charge in [-0.3, -0.25) is 4.79 Å². The van der Waals surface area contributed by atoms with Crippen molar-refractivity contribution in [2.24, 2.45) is 5.92 Å². The smallest absolute Gasteiger partial charge is 0.422 e. The van der Waals surface area contributed by atoms with Crippen LogP contribution in [0.4, 0.5) is 26.3 Å². The molecule has 3 nitrogen and oxygen atoms in total. The van der Waals surface area contributed by atoms with Gasteiger partial charge in [-0.15, -0.1) is 0 Å². The van der Waals surface area contributed by atoms with E-state index in [2.05, 4.69) is 0 Å². The SMILES string of the molecule is CCOC(=O)C(C)(CC1CCC1)c1cc(Cl)c(OCC(F)(F)F)c(-c2ccc(C(F)(F)F)cc2)c1. The summed E-state index contributed by atoms with van der Waals surface area (Å²) in [7, 11) is 0. The van der Waals surface area contributed by atoms with E-state index in [-0.39, 0.29) is 34.4 Å². The lowest BCUT2D eigenvalue weighted by Gasteiger charge is -2.36. The highest BCUT2D eigenvalue weighted by atomic mass is 35.5. The molecule has 3 rings (SSSR count). The first kappa shape index (κ1) is 27.2. The second-order valence-electron chi connectivity index (χ2n) is 8.87. The number of ether oxygens (including phenoxy) is 2. The average Bonchev–Trinajstić information content (AvgIpc) is 2.73. The first-order valence-corrected chi connectivity index (χ1v) is 11.5. The predicted molar refractivity (Wildman–Crippen MR) is 119 cm³/mol. The van der Waals surface area contributed by atoms with Crippen molar-refractivity contribution in [1.29, 1.82) is 0 Å². The average molecular weight is 523 g/mol. The molecule has 1 aliphatic rings. The molecule has 2 aromatic rings. The van der Waals surface area contributed by atoms with Crippen LogP contribution in [-0.2, 0) is 21.1 Å². The van der Waals surface area contributed by atoms with E-state index < -0.39 is 35.9 Å². The van der Waals surface area contributed by atoms with Crippen molar-refractivity contribution in [2.45, 2.75) is 57.3 Å². The summed E-state index contributed by atoms with van der Waals surface area (Å²) in [6.07, 6.45) is -5.91. The summed E-state index contributed by atoms with van der Waals surface area (Å²) in [6, 6.07) is 6.73. The van der Waals surface area contributed by atoms with Crippen LogP contribution in [0.3, 0.4) is 0 Å². The molecule has 0 amide bonds. The normalized spacial score (nSPS) is 16.4. The minimum absolute atomic E-state index is 0.0506. The highest BCUT2D eigenvalue weighted by Crippen LogP contribution is 2.46. The van der Waals surface area contributed by atoms with E-state index in [4.69, 9.17) is 21.1 Å². The summed E-state index contributed by atoms with van der Waals surface area (Å²) in [6.45, 7) is 1.83. The number of hydrogen-bond donors (Lipinski definition) is 0. The van der Waals surface area contributed by atoms with E-state index >= 15 is 0 Å². The molecule has 0 bridgehead atoms. The van der Waals surface area contributed by atoms with Crippen molar-refractivity contribution < 1.29 is 40.6 Å². The fraction of sp³-hybridized carbons (Fsp3) is 0.480. The first-order chi connectivity index (χ1) is 16.2. The van der Waals surface area contributed by atoms with Gasteiger partial charge in [-0.25, -0.2) is 0 Å². The fourth-order valence-electron chi connectivity index (χ4n) is 4.15. The van der Waals surface area contributed by atoms with Gasteiger partial charge in [-0.1, -0.05) is 43.0 Å². The minimum Gasteiger partial charge on any atom is -0.482 e. The quantitative estimate of drug-likeness (QED) is 0.260. The summed E-state index contributed by atoms with van der Waals surface area (Å²) in [5.74, 6) is -0.577. The van der Waals surface area contributed by atoms with E-state index in [0.717, 1.165) is 43.5 Å². The molecular formula is C25H25ClF6O3. The third-order valence-corrected chi connectivity index (χ3v) is 6.51. The van der Waals surface area contributed by atoms with Gasteiger partial charge < -0.3 is 9.47 Å². The van der Waals surface area contributed by atoms with Crippen molar-refractivity contribution in [3.8, 4) is 16.9 Å². The molecule has 1 unspecified atom stereocenters. The monoisotopic (exact) mass is 522 g/mol. The molecular weight excluding hydrogens is 498 g/mol. The van der Waals surface area contributed by atoms with E-state index in [0.29, 0.717) is 12.0 Å². The maximum atomic E-state index is 13.0. The number of carbonyl (C=O) groups is 1. The van der Waals surface area contributed by atoms with Crippen LogP contribution in [-0.4, -0.2) is 25.4 Å². The molecule has 0 spiro atoms. The third kappa shape index (κ3) is 6.42. The Bertz CT molecular complexity index is 1040. The summed E-state index contributed by atoms with van der Waals surface area (Å²) in [5.41, 5.74) is -1.47. The second-order valence-corrected chi connectivity index (χ2v) is 9.27. The maximum absolute atomic E-state index is 13.0. The molecule has 35 heavy (non-hydrogen) atoms. The van der Waals surface area contributed by atoms with Crippen molar-refractivity contribution in [3.05, 3.63) is 52.5 Å². The molecule has 1 saturated carbocycles. The highest BCUT2D eigenvalue weighted by Gasteiger charge is 2.41. The zero-order valence-electron chi connectivity index (χ0n) is 19.2. The van der Waals surface area contributed by atoms with Crippen LogP contribution in [0.5, 0.6) is 5.75 Å². The first-order valence-electron chi connectivity index (χ1n) is 11.1. The van der Waals surface area contributed by atoms with Crippen molar-refractivity contribution in [3.63, 3.8) is 0 Å². The van der Waals surface area contributed by atoms with E-state index in [1.807, 2.05) is 0 Å². The second kappa shape index (κ2) is 10.3. The number of hydrogen-bond acceptors (Lipinski definition) is 3. The Morgan fingerprint density at radius 2 is 1.66 bits per heavy atom. The van der Waals surface area contributed by atoms with Gasteiger partial charge in [0.05, 0.1) is 22.6 Å². The van der Waals surface area contributed by atoms with Crippen LogP contribution in [0.2, 0.25) is 5.02 Å². The molecule has 0 saturated heterocycles. The Balaban J connectivity index is 2.14. The van der Waals surface area contributed by atoms with Gasteiger partial charge >= 0.3 is 18.3 Å². The molecule has 10 heteroatoms. The van der Waals surface area contributed by atoms with Gasteiger partial charge in [0.1, 0.15) is 5.75 Å². The number of rotatable bonds is 8. The number of alkyl halides is 6. The summed E-state index contributed by atoms with van der Waals surface area (Å²) < 4.78 is 88.1. The standard InChI is InChI=1S/C25H25ClF6O3/c1-3-34-22(33)23(2,13-15-5-4-6-15)18-11-19(16-7-9-17(10-8-16)25(30,31)32)21(20(26)12-18)35-14-24(27,28)29/h7-12,15H,3-6,13-14H2,1-2H3. The van der Waals surface area contributed by atoms with Crippen molar-refractivity contribution in [1.82, 2.24) is 0 Å². The molecule has 192 valence electrons. The van der Waals surface area contributed by atoms with Crippen LogP contribution in [0, 0.1) is 5.92 Å². The molecule has 0 aromatic heterocycles. The van der Waals surface area contributed by atoms with Gasteiger partial charge in [0.2, 0.25) is 0 Å².